The highest BCUT2D eigenvalue weighted by atomic mass is 16.3. The molecule has 6 heteroatoms. The number of pyridine rings is 1. The Kier molecular flexibility index (Phi) is 4.11. The first-order valence-corrected chi connectivity index (χ1v) is 8.86. The second kappa shape index (κ2) is 6.44. The summed E-state index contributed by atoms with van der Waals surface area (Å²) < 4.78 is 7.62. The molecular weight excluding hydrogens is 330 g/mol. The van der Waals surface area contributed by atoms with Gasteiger partial charge in [0.1, 0.15) is 5.75 Å². The number of rotatable bonds is 3. The lowest BCUT2D eigenvalue weighted by Gasteiger charge is -2.20. The molecule has 6 nitrogen and oxygen atoms in total. The number of aromatic nitrogens is 2. The molecule has 0 aliphatic carbocycles. The second-order valence-electron chi connectivity index (χ2n) is 7.08. The maximum Gasteiger partial charge on any atom is 0.369 e. The van der Waals surface area contributed by atoms with Gasteiger partial charge in [0, 0.05) is 18.9 Å². The summed E-state index contributed by atoms with van der Waals surface area (Å²) >= 11 is 0. The van der Waals surface area contributed by atoms with Crippen LogP contribution in [0.15, 0.2) is 35.1 Å². The zero-order valence-corrected chi connectivity index (χ0v) is 15.0. The van der Waals surface area contributed by atoms with Crippen molar-refractivity contribution in [3.63, 3.8) is 0 Å². The van der Waals surface area contributed by atoms with Crippen LogP contribution in [0, 0.1) is 19.8 Å². The molecule has 134 valence electrons. The first-order chi connectivity index (χ1) is 12.5. The van der Waals surface area contributed by atoms with E-state index in [4.69, 9.17) is 9.40 Å². The van der Waals surface area contributed by atoms with Gasteiger partial charge in [-0.1, -0.05) is 6.07 Å². The number of nitrogens with zero attached hydrogens (tertiary/aromatic N) is 2. The average molecular weight is 352 g/mol. The number of hydrogen-bond donors (Lipinski definition) is 2. The van der Waals surface area contributed by atoms with Crippen LogP contribution < -0.4 is 9.88 Å². The summed E-state index contributed by atoms with van der Waals surface area (Å²) in [5, 5.41) is 13.3. The maximum absolute atomic E-state index is 11.3. The third-order valence-electron chi connectivity index (χ3n) is 4.96. The highest BCUT2D eigenvalue weighted by Gasteiger charge is 2.25. The van der Waals surface area contributed by atoms with Gasteiger partial charge >= 0.3 is 5.65 Å². The number of hydrogen-bond acceptors (Lipinski definition) is 4. The molecule has 1 aliphatic rings. The van der Waals surface area contributed by atoms with E-state index in [1.807, 2.05) is 36.6 Å². The van der Waals surface area contributed by atoms with E-state index < -0.39 is 0 Å². The summed E-state index contributed by atoms with van der Waals surface area (Å²) in [5.41, 5.74) is 4.92. The minimum Gasteiger partial charge on any atom is -0.507 e. The van der Waals surface area contributed by atoms with Crippen molar-refractivity contribution in [2.24, 2.45) is 5.92 Å². The number of aromatic hydroxyl groups is 1. The fraction of sp³-hybridized carbons (Fsp3) is 0.350. The highest BCUT2D eigenvalue weighted by molar-refractivity contribution is 5.77. The lowest BCUT2D eigenvalue weighted by Crippen LogP contribution is -2.44. The van der Waals surface area contributed by atoms with Crippen molar-refractivity contribution >= 4 is 17.1 Å². The molecule has 1 fully saturated rings. The first-order valence-electron chi connectivity index (χ1n) is 8.86. The number of carbonyl (C=O) groups excluding carboxylic acids is 1. The lowest BCUT2D eigenvalue weighted by atomic mass is 9.99. The third-order valence-corrected chi connectivity index (χ3v) is 4.96. The Morgan fingerprint density at radius 1 is 1.35 bits per heavy atom. The Morgan fingerprint density at radius 3 is 2.92 bits per heavy atom. The van der Waals surface area contributed by atoms with E-state index in [2.05, 4.69) is 5.32 Å². The first kappa shape index (κ1) is 16.6. The summed E-state index contributed by atoms with van der Waals surface area (Å²) in [7, 11) is 0. The smallest absolute Gasteiger partial charge is 0.369 e. The molecule has 3 heterocycles. The van der Waals surface area contributed by atoms with Crippen molar-refractivity contribution in [2.45, 2.75) is 33.2 Å². The normalized spacial score (nSPS) is 17.5. The molecule has 1 saturated heterocycles. The maximum atomic E-state index is 11.3. The van der Waals surface area contributed by atoms with Crippen molar-refractivity contribution in [2.75, 3.05) is 6.54 Å². The largest absolute Gasteiger partial charge is 0.507 e. The Hall–Kier alpha value is -2.89. The number of amides is 1. The number of carbonyl (C=O) groups is 1. The summed E-state index contributed by atoms with van der Waals surface area (Å²) in [5.74, 6) is 0.715. The fourth-order valence-electron chi connectivity index (χ4n) is 3.67. The third kappa shape index (κ3) is 3.03. The van der Waals surface area contributed by atoms with Crippen LogP contribution in [0.5, 0.6) is 5.75 Å². The van der Waals surface area contributed by atoms with Crippen LogP contribution in [-0.4, -0.2) is 22.5 Å². The van der Waals surface area contributed by atoms with Gasteiger partial charge in [0.05, 0.1) is 12.1 Å². The molecule has 26 heavy (non-hydrogen) atoms. The Labute approximate surface area is 151 Å². The van der Waals surface area contributed by atoms with E-state index in [9.17, 15) is 9.90 Å². The monoisotopic (exact) mass is 352 g/mol. The molecule has 0 saturated carbocycles. The summed E-state index contributed by atoms with van der Waals surface area (Å²) in [6.45, 7) is 5.35. The zero-order valence-electron chi connectivity index (χ0n) is 15.0. The summed E-state index contributed by atoms with van der Waals surface area (Å²) in [4.78, 5) is 16.1. The van der Waals surface area contributed by atoms with Crippen molar-refractivity contribution in [1.82, 2.24) is 10.3 Å². The molecule has 1 aliphatic heterocycles. The van der Waals surface area contributed by atoms with Gasteiger partial charge in [-0.2, -0.15) is 4.57 Å². The number of phenols is 1. The van der Waals surface area contributed by atoms with Gasteiger partial charge in [-0.05, 0) is 54.6 Å². The molecule has 2 aromatic heterocycles. The van der Waals surface area contributed by atoms with Gasteiger partial charge in [-0.15, -0.1) is 0 Å². The number of piperidine rings is 1. The van der Waals surface area contributed by atoms with Crippen LogP contribution in [-0.2, 0) is 11.3 Å². The Morgan fingerprint density at radius 2 is 2.19 bits per heavy atom. The number of phenolic OH excluding ortho intramolecular Hbond substituents is 1. The number of oxazole rings is 1. The number of nitrogens with one attached hydrogen (secondary N) is 1. The predicted molar refractivity (Wildman–Crippen MR) is 96.5 cm³/mol. The fourth-order valence-corrected chi connectivity index (χ4v) is 3.67. The molecular formula is C20H22N3O3+. The van der Waals surface area contributed by atoms with Crippen molar-refractivity contribution in [3.8, 4) is 17.0 Å². The summed E-state index contributed by atoms with van der Waals surface area (Å²) in [6.07, 6.45) is 3.11. The van der Waals surface area contributed by atoms with Gasteiger partial charge in [0.2, 0.25) is 11.5 Å². The van der Waals surface area contributed by atoms with Crippen LogP contribution in [0.1, 0.15) is 24.0 Å². The number of fused-ring (bicyclic) bond motifs is 1. The number of benzene rings is 1. The topological polar surface area (TPSA) is 79.2 Å². The van der Waals surface area contributed by atoms with E-state index >= 15 is 0 Å². The minimum absolute atomic E-state index is 0.119. The van der Waals surface area contributed by atoms with E-state index in [-0.39, 0.29) is 11.7 Å². The van der Waals surface area contributed by atoms with Gasteiger partial charge in [-0.3, -0.25) is 4.79 Å². The van der Waals surface area contributed by atoms with E-state index in [0.717, 1.165) is 41.0 Å². The Bertz CT molecular complexity index is 960. The van der Waals surface area contributed by atoms with E-state index in [0.29, 0.717) is 24.5 Å². The Balaban J connectivity index is 1.70. The van der Waals surface area contributed by atoms with E-state index in [1.165, 1.54) is 0 Å². The molecule has 4 rings (SSSR count). The van der Waals surface area contributed by atoms with Crippen LogP contribution >= 0.6 is 0 Å². The summed E-state index contributed by atoms with van der Waals surface area (Å²) in [6, 6.07) is 7.54. The van der Waals surface area contributed by atoms with E-state index in [1.54, 1.807) is 12.5 Å². The van der Waals surface area contributed by atoms with Crippen molar-refractivity contribution in [1.29, 1.82) is 0 Å². The SMILES string of the molecule is Cc1cc(C)c(-c2ccc3oc[n+](C[C@@H]4CCC(=O)NC4)c3n2)c(O)c1. The standard InChI is InChI=1S/C20H21N3O3/c1-12-7-13(2)19(16(24)8-12)15-4-5-17-20(22-15)23(11-26-17)10-14-3-6-18(25)21-9-14/h4-5,7-8,11,14H,3,6,9-10H2,1-2H3,(H-,21,22,24,25)/p+1/t14-/m1/s1. The predicted octanol–water partition coefficient (Wildman–Crippen LogP) is 2.63. The van der Waals surface area contributed by atoms with Gasteiger partial charge in [0.25, 0.3) is 6.39 Å². The van der Waals surface area contributed by atoms with Crippen LogP contribution in [0.2, 0.25) is 0 Å². The van der Waals surface area contributed by atoms with Crippen LogP contribution in [0.4, 0.5) is 0 Å². The molecule has 0 radical (unpaired) electrons. The molecule has 0 bridgehead atoms. The zero-order chi connectivity index (χ0) is 18.3. The average Bonchev–Trinajstić information content (AvgIpc) is 2.98. The minimum atomic E-state index is 0.119. The lowest BCUT2D eigenvalue weighted by molar-refractivity contribution is -0.684. The van der Waals surface area contributed by atoms with Gasteiger partial charge in [0.15, 0.2) is 5.69 Å². The van der Waals surface area contributed by atoms with Crippen LogP contribution in [0.25, 0.3) is 22.5 Å². The highest BCUT2D eigenvalue weighted by Crippen LogP contribution is 2.33. The van der Waals surface area contributed by atoms with Crippen LogP contribution in [0.3, 0.4) is 0 Å². The molecule has 3 aromatic rings. The molecule has 1 aromatic carbocycles. The van der Waals surface area contributed by atoms with Gasteiger partial charge in [-0.25, -0.2) is 0 Å². The van der Waals surface area contributed by atoms with Crippen molar-refractivity contribution < 1.29 is 18.9 Å². The molecule has 2 N–H and O–H groups in total. The molecule has 1 amide bonds. The number of aryl methyl sites for hydroxylation is 2. The van der Waals surface area contributed by atoms with Gasteiger partial charge < -0.3 is 14.8 Å². The molecule has 1 atom stereocenters. The molecule has 0 unspecified atom stereocenters. The van der Waals surface area contributed by atoms with Crippen molar-refractivity contribution in [3.05, 3.63) is 41.8 Å². The second-order valence-corrected chi connectivity index (χ2v) is 7.08. The quantitative estimate of drug-likeness (QED) is 0.710. The molecule has 0 spiro atoms.